The molecule has 0 fully saturated rings. The van der Waals surface area contributed by atoms with Crippen LogP contribution in [0.3, 0.4) is 0 Å². The lowest BCUT2D eigenvalue weighted by molar-refractivity contribution is 0.660. The van der Waals surface area contributed by atoms with E-state index < -0.39 is 0 Å². The van der Waals surface area contributed by atoms with Crippen molar-refractivity contribution >= 4 is 113 Å². The maximum Gasteiger partial charge on any atom is 0.159 e. The monoisotopic (exact) mass is 865 g/mol. The molecule has 0 saturated heterocycles. The summed E-state index contributed by atoms with van der Waals surface area (Å²) in [7, 11) is 0. The van der Waals surface area contributed by atoms with Crippen LogP contribution in [0, 0.1) is 0 Å². The SMILES string of the molecule is CC1(C)c2ccccc2-c2ccc(N(c3ccc(-c4cccc5c4sc4ccccc45)cc3)c3cccc4c3oc3c(-c5cccc6c5sc5ccccc56)c5ccccc5cc34)cc21. The largest absolute Gasteiger partial charge is 0.453 e. The maximum absolute atomic E-state index is 7.44. The van der Waals surface area contributed by atoms with Crippen LogP contribution in [0.25, 0.3) is 106 Å². The fourth-order valence-corrected chi connectivity index (χ4v) is 13.5. The average Bonchev–Trinajstić information content (AvgIpc) is 4.10. The molecular weight excluding hydrogens is 827 g/mol. The summed E-state index contributed by atoms with van der Waals surface area (Å²) in [5.41, 5.74) is 14.9. The van der Waals surface area contributed by atoms with Crippen LogP contribution in [0.15, 0.2) is 205 Å². The van der Waals surface area contributed by atoms with Crippen molar-refractivity contribution in [2.75, 3.05) is 4.90 Å². The van der Waals surface area contributed by atoms with E-state index in [0.717, 1.165) is 44.6 Å². The number of hydrogen-bond acceptors (Lipinski definition) is 4. The fraction of sp³-hybridized carbons (Fsp3) is 0.0492. The Labute approximate surface area is 383 Å². The summed E-state index contributed by atoms with van der Waals surface area (Å²) in [6, 6.07) is 73.9. The average molecular weight is 866 g/mol. The second-order valence-corrected chi connectivity index (χ2v) is 20.1. The van der Waals surface area contributed by atoms with Crippen molar-refractivity contribution in [3.05, 3.63) is 211 Å². The van der Waals surface area contributed by atoms with E-state index in [0.29, 0.717) is 0 Å². The van der Waals surface area contributed by atoms with Crippen LogP contribution in [0.4, 0.5) is 17.1 Å². The van der Waals surface area contributed by atoms with E-state index in [-0.39, 0.29) is 5.41 Å². The van der Waals surface area contributed by atoms with Gasteiger partial charge in [0.2, 0.25) is 0 Å². The third-order valence-corrected chi connectivity index (χ3v) is 16.5. The molecule has 0 atom stereocenters. The van der Waals surface area contributed by atoms with Crippen LogP contribution < -0.4 is 4.90 Å². The number of thiophene rings is 2. The zero-order valence-electron chi connectivity index (χ0n) is 35.7. The molecule has 2 nitrogen and oxygen atoms in total. The predicted octanol–water partition coefficient (Wildman–Crippen LogP) is 18.6. The third kappa shape index (κ3) is 5.33. The second-order valence-electron chi connectivity index (χ2n) is 17.9. The lowest BCUT2D eigenvalue weighted by Crippen LogP contribution is -2.16. The number of benzene rings is 10. The number of rotatable bonds is 5. The van der Waals surface area contributed by atoms with Gasteiger partial charge in [-0.2, -0.15) is 0 Å². The zero-order valence-corrected chi connectivity index (χ0v) is 37.4. The van der Waals surface area contributed by atoms with Crippen molar-refractivity contribution in [3.8, 4) is 33.4 Å². The number of fused-ring (bicyclic) bond motifs is 13. The van der Waals surface area contributed by atoms with E-state index in [1.54, 1.807) is 0 Å². The fourth-order valence-electron chi connectivity index (χ4n) is 11.0. The summed E-state index contributed by atoms with van der Waals surface area (Å²) in [5, 5.41) is 9.79. The highest BCUT2D eigenvalue weighted by atomic mass is 32.1. The molecule has 65 heavy (non-hydrogen) atoms. The first-order valence-electron chi connectivity index (χ1n) is 22.3. The zero-order chi connectivity index (χ0) is 43.0. The molecule has 0 radical (unpaired) electrons. The summed E-state index contributed by atoms with van der Waals surface area (Å²) in [6.07, 6.45) is 0. The molecule has 0 spiro atoms. The van der Waals surface area contributed by atoms with Gasteiger partial charge in [-0.15, -0.1) is 22.7 Å². The van der Waals surface area contributed by atoms with Gasteiger partial charge in [0.05, 0.1) is 5.69 Å². The van der Waals surface area contributed by atoms with Gasteiger partial charge in [0, 0.05) is 79.0 Å². The molecule has 10 aromatic carbocycles. The first-order chi connectivity index (χ1) is 32.0. The highest BCUT2D eigenvalue weighted by molar-refractivity contribution is 7.26. The Morgan fingerprint density at radius 3 is 1.74 bits per heavy atom. The number of nitrogens with zero attached hydrogens (tertiary/aromatic N) is 1. The van der Waals surface area contributed by atoms with Crippen LogP contribution in [-0.4, -0.2) is 0 Å². The first-order valence-corrected chi connectivity index (χ1v) is 24.0. The maximum atomic E-state index is 7.44. The molecule has 0 N–H and O–H groups in total. The normalized spacial score (nSPS) is 13.2. The Balaban J connectivity index is 1.01. The third-order valence-electron chi connectivity index (χ3n) is 14.1. The van der Waals surface area contributed by atoms with Crippen LogP contribution >= 0.6 is 22.7 Å². The Bertz CT molecular complexity index is 4110. The quantitative estimate of drug-likeness (QED) is 0.171. The van der Waals surface area contributed by atoms with E-state index in [1.165, 1.54) is 90.1 Å². The van der Waals surface area contributed by atoms with E-state index >= 15 is 0 Å². The molecule has 0 bridgehead atoms. The van der Waals surface area contributed by atoms with E-state index in [2.05, 4.69) is 219 Å². The number of para-hydroxylation sites is 1. The smallest absolute Gasteiger partial charge is 0.159 e. The van der Waals surface area contributed by atoms with E-state index in [1.807, 2.05) is 22.7 Å². The Hall–Kier alpha value is -7.50. The van der Waals surface area contributed by atoms with Crippen molar-refractivity contribution in [2.24, 2.45) is 0 Å². The Kier molecular flexibility index (Phi) is 7.81. The molecule has 0 saturated carbocycles. The van der Waals surface area contributed by atoms with Crippen molar-refractivity contribution in [3.63, 3.8) is 0 Å². The standard InChI is InChI=1S/C61H39NOS2/c1-61(2)51-24-8-5-16-42(51)43-33-32-39(35-52(43)61)62(38-30-28-36(29-31-38)41-19-11-21-47-44-17-6-9-26-54(44)64-59(41)47)53-25-13-20-46-50-34-37-14-3-4-15-40(37)56(58(50)63-57(46)53)49-23-12-22-48-45-18-7-10-27-55(45)65-60(48)49/h3-35H,1-2H3. The lowest BCUT2D eigenvalue weighted by Gasteiger charge is -2.28. The van der Waals surface area contributed by atoms with Gasteiger partial charge in [-0.25, -0.2) is 0 Å². The molecule has 3 aromatic heterocycles. The van der Waals surface area contributed by atoms with Gasteiger partial charge >= 0.3 is 0 Å². The Morgan fingerprint density at radius 1 is 0.400 bits per heavy atom. The lowest BCUT2D eigenvalue weighted by atomic mass is 9.82. The second kappa shape index (κ2) is 13.8. The van der Waals surface area contributed by atoms with Gasteiger partial charge in [-0.1, -0.05) is 166 Å². The van der Waals surface area contributed by atoms with E-state index in [9.17, 15) is 0 Å². The minimum atomic E-state index is -0.158. The molecule has 3 heterocycles. The molecule has 13 aromatic rings. The number of anilines is 3. The molecule has 306 valence electrons. The number of furan rings is 1. The van der Waals surface area contributed by atoms with Crippen molar-refractivity contribution in [1.29, 1.82) is 0 Å². The van der Waals surface area contributed by atoms with Gasteiger partial charge in [-0.05, 0) is 92.7 Å². The van der Waals surface area contributed by atoms with Crippen molar-refractivity contribution in [1.82, 2.24) is 0 Å². The Morgan fingerprint density at radius 2 is 0.969 bits per heavy atom. The highest BCUT2D eigenvalue weighted by Crippen LogP contribution is 2.53. The molecule has 1 aliphatic rings. The van der Waals surface area contributed by atoms with Gasteiger partial charge in [0.15, 0.2) is 5.58 Å². The van der Waals surface area contributed by atoms with E-state index in [4.69, 9.17) is 4.42 Å². The summed E-state index contributed by atoms with van der Waals surface area (Å²) in [6.45, 7) is 4.72. The van der Waals surface area contributed by atoms with Crippen LogP contribution in [0.5, 0.6) is 0 Å². The molecule has 0 aliphatic heterocycles. The van der Waals surface area contributed by atoms with Gasteiger partial charge in [-0.3, -0.25) is 0 Å². The molecule has 14 rings (SSSR count). The minimum Gasteiger partial charge on any atom is -0.453 e. The predicted molar refractivity (Wildman–Crippen MR) is 280 cm³/mol. The van der Waals surface area contributed by atoms with Crippen molar-refractivity contribution in [2.45, 2.75) is 19.3 Å². The summed E-state index contributed by atoms with van der Waals surface area (Å²) < 4.78 is 12.6. The molecule has 0 amide bonds. The summed E-state index contributed by atoms with van der Waals surface area (Å²) in [5.74, 6) is 0. The molecule has 1 aliphatic carbocycles. The molecule has 0 unspecified atom stereocenters. The van der Waals surface area contributed by atoms with Crippen molar-refractivity contribution < 1.29 is 4.42 Å². The van der Waals surface area contributed by atoms with Gasteiger partial charge < -0.3 is 9.32 Å². The number of hydrogen-bond donors (Lipinski definition) is 0. The minimum absolute atomic E-state index is 0.158. The molecule has 4 heteroatoms. The van der Waals surface area contributed by atoms with Crippen LogP contribution in [-0.2, 0) is 5.41 Å². The van der Waals surface area contributed by atoms with Gasteiger partial charge in [0.1, 0.15) is 5.58 Å². The van der Waals surface area contributed by atoms with Crippen LogP contribution in [0.2, 0.25) is 0 Å². The topological polar surface area (TPSA) is 16.4 Å². The van der Waals surface area contributed by atoms with Gasteiger partial charge in [0.25, 0.3) is 0 Å². The van der Waals surface area contributed by atoms with Crippen LogP contribution in [0.1, 0.15) is 25.0 Å². The summed E-state index contributed by atoms with van der Waals surface area (Å²) in [4.78, 5) is 2.42. The first kappa shape index (κ1) is 36.9. The molecular formula is C61H39NOS2. The summed E-state index contributed by atoms with van der Waals surface area (Å²) >= 11 is 3.74. The highest BCUT2D eigenvalue weighted by Gasteiger charge is 2.36.